The maximum Gasteiger partial charge on any atom is 0.307 e. The molecule has 0 unspecified atom stereocenters. The van der Waals surface area contributed by atoms with E-state index in [0.29, 0.717) is 52.9 Å². The van der Waals surface area contributed by atoms with Crippen molar-refractivity contribution in [3.05, 3.63) is 98.5 Å². The quantitative estimate of drug-likeness (QED) is 0.166. The highest BCUT2D eigenvalue weighted by molar-refractivity contribution is 7.95. The van der Waals surface area contributed by atoms with Crippen molar-refractivity contribution in [1.29, 1.82) is 0 Å². The predicted molar refractivity (Wildman–Crippen MR) is 163 cm³/mol. The summed E-state index contributed by atoms with van der Waals surface area (Å²) < 4.78 is 38.4. The third kappa shape index (κ3) is 6.74. The fraction of sp³-hybridized carbons (Fsp3) is 0.281. The molecule has 3 aromatic carbocycles. The predicted octanol–water partition coefficient (Wildman–Crippen LogP) is 6.76. The Bertz CT molecular complexity index is 1700. The van der Waals surface area contributed by atoms with Crippen LogP contribution < -0.4 is 14.3 Å². The normalized spacial score (nSPS) is 13.5. The van der Waals surface area contributed by atoms with E-state index in [-0.39, 0.29) is 10.8 Å². The largest absolute Gasteiger partial charge is 0.494 e. The zero-order valence-corrected chi connectivity index (χ0v) is 24.5. The number of aromatic amines is 1. The lowest BCUT2D eigenvalue weighted by molar-refractivity contribution is 0.264. The second-order valence-electron chi connectivity index (χ2n) is 9.97. The van der Waals surface area contributed by atoms with Crippen LogP contribution in [-0.4, -0.2) is 31.7 Å². The van der Waals surface area contributed by atoms with E-state index >= 15 is 0 Å². The number of aryl methyl sites for hydroxylation is 1. The Balaban J connectivity index is 1.18. The number of fused-ring (bicyclic) bond motifs is 1. The zero-order chi connectivity index (χ0) is 28.8. The molecule has 1 aromatic heterocycles. The average Bonchev–Trinajstić information content (AvgIpc) is 3.44. The van der Waals surface area contributed by atoms with Gasteiger partial charge in [-0.05, 0) is 73.1 Å². The van der Waals surface area contributed by atoms with Gasteiger partial charge < -0.3 is 14.6 Å². The van der Waals surface area contributed by atoms with Gasteiger partial charge in [-0.15, -0.1) is 0 Å². The minimum absolute atomic E-state index is 0.143. The molecule has 0 fully saturated rings. The first-order valence-corrected chi connectivity index (χ1v) is 16.2. The molecule has 2 N–H and O–H groups in total. The van der Waals surface area contributed by atoms with E-state index in [1.54, 1.807) is 6.07 Å². The van der Waals surface area contributed by atoms with E-state index in [0.717, 1.165) is 53.7 Å². The molecule has 2 heterocycles. The lowest BCUT2D eigenvalue weighted by Crippen LogP contribution is -2.07. The van der Waals surface area contributed by atoms with Gasteiger partial charge in [0.25, 0.3) is 0 Å². The first-order valence-electron chi connectivity index (χ1n) is 13.8. The van der Waals surface area contributed by atoms with Crippen LogP contribution in [-0.2, 0) is 22.7 Å². The summed E-state index contributed by atoms with van der Waals surface area (Å²) in [4.78, 5) is 14.5. The Morgan fingerprint density at radius 2 is 1.68 bits per heavy atom. The van der Waals surface area contributed by atoms with Gasteiger partial charge in [0.15, 0.2) is 0 Å². The van der Waals surface area contributed by atoms with Crippen LogP contribution in [0.1, 0.15) is 49.3 Å². The van der Waals surface area contributed by atoms with Crippen molar-refractivity contribution < 1.29 is 23.0 Å². The number of nitrogens with one attached hydrogen (secondary N) is 1. The van der Waals surface area contributed by atoms with Crippen molar-refractivity contribution in [3.8, 4) is 27.8 Å². The summed E-state index contributed by atoms with van der Waals surface area (Å²) in [5.41, 5.74) is 4.31. The summed E-state index contributed by atoms with van der Waals surface area (Å²) >= 11 is 0.948. The number of hydrogen-bond acceptors (Lipinski definition) is 7. The maximum absolute atomic E-state index is 13.2. The summed E-state index contributed by atoms with van der Waals surface area (Å²) in [5, 5.41) is 11.4. The molecule has 0 amide bonds. The topological polar surface area (TPSA) is 106 Å². The van der Waals surface area contributed by atoms with Crippen molar-refractivity contribution in [2.24, 2.45) is 0 Å². The summed E-state index contributed by atoms with van der Waals surface area (Å²) in [6.07, 6.45) is 4.36. The highest BCUT2D eigenvalue weighted by Gasteiger charge is 2.31. The third-order valence-electron chi connectivity index (χ3n) is 6.96. The number of benzene rings is 3. The molecule has 214 valence electrons. The second kappa shape index (κ2) is 12.8. The number of sulfone groups is 1. The van der Waals surface area contributed by atoms with E-state index in [1.807, 2.05) is 55.5 Å². The fourth-order valence-electron chi connectivity index (χ4n) is 5.06. The van der Waals surface area contributed by atoms with Crippen LogP contribution >= 0.6 is 11.3 Å². The molecule has 41 heavy (non-hydrogen) atoms. The summed E-state index contributed by atoms with van der Waals surface area (Å²) in [6.45, 7) is 2.95. The molecular weight excluding hydrogens is 558 g/mol. The number of H-pyrrole nitrogens is 1. The van der Waals surface area contributed by atoms with Crippen LogP contribution in [0.2, 0.25) is 0 Å². The van der Waals surface area contributed by atoms with Crippen molar-refractivity contribution in [1.82, 2.24) is 4.98 Å². The number of thiazole rings is 1. The smallest absolute Gasteiger partial charge is 0.307 e. The molecule has 9 heteroatoms. The molecule has 1 aliphatic heterocycles. The SMILES string of the molecule is CCCc1c(OCCCCOc2cccc(-c3sc(=O)[nH]c3O)c2)ccc2c1S(=O)(=O)C=C2CCc1ccccc1. The zero-order valence-electron chi connectivity index (χ0n) is 22.9. The number of allylic oxidation sites excluding steroid dienone is 1. The van der Waals surface area contributed by atoms with Crippen molar-refractivity contribution in [3.63, 3.8) is 0 Å². The van der Waals surface area contributed by atoms with E-state index < -0.39 is 9.84 Å². The molecule has 5 rings (SSSR count). The van der Waals surface area contributed by atoms with Gasteiger partial charge in [0, 0.05) is 16.5 Å². The van der Waals surface area contributed by atoms with Gasteiger partial charge in [-0.3, -0.25) is 9.78 Å². The molecule has 0 bridgehead atoms. The van der Waals surface area contributed by atoms with Crippen LogP contribution in [0.4, 0.5) is 0 Å². The van der Waals surface area contributed by atoms with Crippen LogP contribution in [0, 0.1) is 0 Å². The van der Waals surface area contributed by atoms with Crippen molar-refractivity contribution in [2.75, 3.05) is 13.2 Å². The maximum atomic E-state index is 13.2. The number of rotatable bonds is 13. The average molecular weight is 592 g/mol. The number of unbranched alkanes of at least 4 members (excludes halogenated alkanes) is 1. The molecule has 0 spiro atoms. The van der Waals surface area contributed by atoms with Gasteiger partial charge >= 0.3 is 4.87 Å². The monoisotopic (exact) mass is 591 g/mol. The highest BCUT2D eigenvalue weighted by atomic mass is 32.2. The number of ether oxygens (including phenoxy) is 2. The first kappa shape index (κ1) is 28.7. The molecular formula is C32H33NO6S2. The second-order valence-corrected chi connectivity index (χ2v) is 12.7. The van der Waals surface area contributed by atoms with E-state index in [4.69, 9.17) is 9.47 Å². The number of aromatic nitrogens is 1. The molecule has 4 aromatic rings. The molecule has 0 atom stereocenters. The third-order valence-corrected chi connectivity index (χ3v) is 9.51. The Labute approximate surface area is 244 Å². The van der Waals surface area contributed by atoms with Gasteiger partial charge in [0.2, 0.25) is 15.7 Å². The van der Waals surface area contributed by atoms with E-state index in [9.17, 15) is 18.3 Å². The summed E-state index contributed by atoms with van der Waals surface area (Å²) in [7, 11) is -3.53. The fourth-order valence-corrected chi connectivity index (χ4v) is 7.57. The minimum Gasteiger partial charge on any atom is -0.494 e. The van der Waals surface area contributed by atoms with Crippen LogP contribution in [0.15, 0.2) is 81.8 Å². The van der Waals surface area contributed by atoms with Gasteiger partial charge in [0.05, 0.1) is 23.0 Å². The Morgan fingerprint density at radius 1 is 0.902 bits per heavy atom. The molecule has 1 aliphatic rings. The Hall–Kier alpha value is -3.82. The first-order chi connectivity index (χ1) is 19.9. The van der Waals surface area contributed by atoms with E-state index in [2.05, 4.69) is 17.1 Å². The number of aromatic hydroxyl groups is 1. The molecule has 7 nitrogen and oxygen atoms in total. The van der Waals surface area contributed by atoms with E-state index in [1.165, 1.54) is 11.0 Å². The number of hydrogen-bond donors (Lipinski definition) is 2. The standard InChI is InChI=1S/C32H33NO6S2/c1-2-9-27-28(17-16-26-24(21-41(36,37)30(26)27)15-14-22-10-4-3-5-11-22)39-19-7-6-18-38-25-13-8-12-23(20-25)29-31(34)33-32(35)40-29/h3-5,8,10-13,16-17,20-21,34H,2,6-7,9,14-15,18-19H2,1H3,(H,33,35). The summed E-state index contributed by atoms with van der Waals surface area (Å²) in [6, 6.07) is 21.1. The van der Waals surface area contributed by atoms with Gasteiger partial charge in [-0.2, -0.15) is 0 Å². The molecule has 0 saturated heterocycles. The minimum atomic E-state index is -3.53. The van der Waals surface area contributed by atoms with Crippen molar-refractivity contribution in [2.45, 2.75) is 50.3 Å². The van der Waals surface area contributed by atoms with Gasteiger partial charge in [-0.1, -0.05) is 67.1 Å². The van der Waals surface area contributed by atoms with Gasteiger partial charge in [-0.25, -0.2) is 8.42 Å². The Morgan fingerprint density at radius 3 is 2.41 bits per heavy atom. The molecule has 0 saturated carbocycles. The summed E-state index contributed by atoms with van der Waals surface area (Å²) in [5.74, 6) is 1.13. The van der Waals surface area contributed by atoms with Crippen LogP contribution in [0.5, 0.6) is 17.4 Å². The molecule has 0 radical (unpaired) electrons. The van der Waals surface area contributed by atoms with Crippen LogP contribution in [0.25, 0.3) is 16.0 Å². The highest BCUT2D eigenvalue weighted by Crippen LogP contribution is 2.42. The Kier molecular flexibility index (Phi) is 8.95. The molecule has 0 aliphatic carbocycles. The van der Waals surface area contributed by atoms with Crippen LogP contribution in [0.3, 0.4) is 0 Å². The van der Waals surface area contributed by atoms with Gasteiger partial charge in [0.1, 0.15) is 11.5 Å². The lowest BCUT2D eigenvalue weighted by atomic mass is 9.96. The van der Waals surface area contributed by atoms with Crippen molar-refractivity contribution >= 4 is 26.7 Å². The lowest BCUT2D eigenvalue weighted by Gasteiger charge is -2.16.